The summed E-state index contributed by atoms with van der Waals surface area (Å²) in [5.74, 6) is -2.39. The molecule has 1 aliphatic rings. The van der Waals surface area contributed by atoms with Gasteiger partial charge in [0.1, 0.15) is 18.7 Å². The lowest BCUT2D eigenvalue weighted by atomic mass is 9.98. The number of hydrogen-bond acceptors (Lipinski definition) is 6. The molecule has 0 aromatic heterocycles. The Kier molecular flexibility index (Phi) is 8.73. The lowest BCUT2D eigenvalue weighted by molar-refractivity contribution is -0.144. The first-order chi connectivity index (χ1) is 18.4. The van der Waals surface area contributed by atoms with E-state index >= 15 is 0 Å². The number of rotatable bonds is 11. The lowest BCUT2D eigenvalue weighted by Gasteiger charge is -2.26. The molecular formula is C29H30N2O7. The Hall–Kier alpha value is -4.21. The van der Waals surface area contributed by atoms with Crippen molar-refractivity contribution in [3.63, 3.8) is 0 Å². The minimum Gasteiger partial charge on any atom is -0.480 e. The van der Waals surface area contributed by atoms with Gasteiger partial charge in [0.15, 0.2) is 0 Å². The molecule has 0 saturated heterocycles. The minimum atomic E-state index is -1.53. The quantitative estimate of drug-likeness (QED) is 0.307. The maximum Gasteiger partial charge on any atom is 0.407 e. The Morgan fingerprint density at radius 1 is 0.868 bits per heavy atom. The molecule has 0 spiro atoms. The van der Waals surface area contributed by atoms with Crippen molar-refractivity contribution in [2.24, 2.45) is 0 Å². The Morgan fingerprint density at radius 3 is 2.03 bits per heavy atom. The number of amides is 2. The van der Waals surface area contributed by atoms with E-state index in [0.29, 0.717) is 0 Å². The number of hydrogen-bond donors (Lipinski definition) is 4. The van der Waals surface area contributed by atoms with Gasteiger partial charge >= 0.3 is 12.1 Å². The standard InChI is InChI=1S/C29H30N2O7/c1-18(37-16-19-9-3-2-4-10-19)26(27(33)30-25(15-32)28(34)35)31-29(36)38-17-24-22-13-7-5-11-20(22)21-12-6-8-14-23(21)24/h2-14,18,24-26,32H,15-17H2,1H3,(H,30,33)(H,31,36)(H,34,35)/t18?,25-,26?/m1/s1. The molecule has 1 aliphatic carbocycles. The fourth-order valence-corrected chi connectivity index (χ4v) is 4.51. The molecular weight excluding hydrogens is 488 g/mol. The molecule has 4 N–H and O–H groups in total. The average molecular weight is 519 g/mol. The number of carbonyl (C=O) groups excluding carboxylic acids is 2. The second kappa shape index (κ2) is 12.4. The van der Waals surface area contributed by atoms with Gasteiger partial charge < -0.3 is 30.3 Å². The molecule has 0 aliphatic heterocycles. The Morgan fingerprint density at radius 2 is 1.45 bits per heavy atom. The summed E-state index contributed by atoms with van der Waals surface area (Å²) in [6.07, 6.45) is -1.69. The van der Waals surface area contributed by atoms with Crippen molar-refractivity contribution in [1.82, 2.24) is 10.6 Å². The van der Waals surface area contributed by atoms with Crippen LogP contribution in [0, 0.1) is 0 Å². The van der Waals surface area contributed by atoms with Crippen molar-refractivity contribution in [1.29, 1.82) is 0 Å². The average Bonchev–Trinajstić information content (AvgIpc) is 3.26. The number of aliphatic hydroxyl groups excluding tert-OH is 1. The molecule has 9 nitrogen and oxygen atoms in total. The molecule has 3 aromatic carbocycles. The van der Waals surface area contributed by atoms with E-state index in [0.717, 1.165) is 27.8 Å². The SMILES string of the molecule is CC(OCc1ccccc1)C(NC(=O)OCC1c2ccccc2-c2ccccc21)C(=O)N[C@H](CO)C(=O)O. The van der Waals surface area contributed by atoms with Crippen molar-refractivity contribution in [3.05, 3.63) is 95.6 Å². The fourth-order valence-electron chi connectivity index (χ4n) is 4.51. The van der Waals surface area contributed by atoms with Gasteiger partial charge in [-0.1, -0.05) is 78.9 Å². The van der Waals surface area contributed by atoms with Crippen LogP contribution in [0.2, 0.25) is 0 Å². The Balaban J connectivity index is 1.45. The van der Waals surface area contributed by atoms with Crippen LogP contribution in [0.4, 0.5) is 4.79 Å². The van der Waals surface area contributed by atoms with Crippen LogP contribution in [0.15, 0.2) is 78.9 Å². The van der Waals surface area contributed by atoms with Gasteiger partial charge in [-0.05, 0) is 34.7 Å². The predicted octanol–water partition coefficient (Wildman–Crippen LogP) is 3.06. The molecule has 0 saturated carbocycles. The number of aliphatic hydroxyl groups is 1. The second-order valence-corrected chi connectivity index (χ2v) is 9.03. The summed E-state index contributed by atoms with van der Waals surface area (Å²) in [6.45, 7) is 0.992. The monoisotopic (exact) mass is 518 g/mol. The van der Waals surface area contributed by atoms with E-state index in [1.807, 2.05) is 78.9 Å². The first-order valence-electron chi connectivity index (χ1n) is 12.3. The van der Waals surface area contributed by atoms with E-state index in [1.165, 1.54) is 0 Å². The van der Waals surface area contributed by atoms with E-state index in [-0.39, 0.29) is 19.1 Å². The zero-order chi connectivity index (χ0) is 27.1. The molecule has 2 unspecified atom stereocenters. The molecule has 2 amide bonds. The summed E-state index contributed by atoms with van der Waals surface area (Å²) in [7, 11) is 0. The van der Waals surface area contributed by atoms with Gasteiger partial charge in [-0.25, -0.2) is 9.59 Å². The van der Waals surface area contributed by atoms with Gasteiger partial charge in [-0.3, -0.25) is 4.79 Å². The van der Waals surface area contributed by atoms with E-state index in [2.05, 4.69) is 10.6 Å². The van der Waals surface area contributed by atoms with Crippen molar-refractivity contribution in [2.75, 3.05) is 13.2 Å². The zero-order valence-electron chi connectivity index (χ0n) is 20.9. The van der Waals surface area contributed by atoms with Gasteiger partial charge in [-0.15, -0.1) is 0 Å². The maximum atomic E-state index is 13.0. The minimum absolute atomic E-state index is 0.0435. The van der Waals surface area contributed by atoms with E-state index in [1.54, 1.807) is 6.92 Å². The highest BCUT2D eigenvalue weighted by molar-refractivity contribution is 5.89. The number of nitrogens with one attached hydrogen (secondary N) is 2. The number of ether oxygens (including phenoxy) is 2. The predicted molar refractivity (Wildman–Crippen MR) is 139 cm³/mol. The molecule has 9 heteroatoms. The highest BCUT2D eigenvalue weighted by Crippen LogP contribution is 2.44. The normalized spacial score (nSPS) is 14.5. The maximum absolute atomic E-state index is 13.0. The van der Waals surface area contributed by atoms with E-state index in [4.69, 9.17) is 9.47 Å². The van der Waals surface area contributed by atoms with Crippen LogP contribution in [0.5, 0.6) is 0 Å². The van der Waals surface area contributed by atoms with Crippen LogP contribution in [0.3, 0.4) is 0 Å². The first-order valence-corrected chi connectivity index (χ1v) is 12.3. The molecule has 0 heterocycles. The van der Waals surface area contributed by atoms with Crippen molar-refractivity contribution < 1.29 is 34.1 Å². The second-order valence-electron chi connectivity index (χ2n) is 9.03. The number of alkyl carbamates (subject to hydrolysis) is 1. The molecule has 38 heavy (non-hydrogen) atoms. The van der Waals surface area contributed by atoms with Gasteiger partial charge in [0.2, 0.25) is 5.91 Å². The smallest absolute Gasteiger partial charge is 0.407 e. The number of carboxylic acids is 1. The Bertz CT molecular complexity index is 1240. The largest absolute Gasteiger partial charge is 0.480 e. The molecule has 3 aromatic rings. The first kappa shape index (κ1) is 26.8. The van der Waals surface area contributed by atoms with Gasteiger partial charge in [0, 0.05) is 5.92 Å². The van der Waals surface area contributed by atoms with Crippen LogP contribution in [0.1, 0.15) is 29.5 Å². The van der Waals surface area contributed by atoms with Gasteiger partial charge in [-0.2, -0.15) is 0 Å². The number of carbonyl (C=O) groups is 3. The number of aliphatic carboxylic acids is 1. The zero-order valence-corrected chi connectivity index (χ0v) is 20.9. The number of benzene rings is 3. The molecule has 4 rings (SSSR count). The van der Waals surface area contributed by atoms with E-state index in [9.17, 15) is 24.6 Å². The van der Waals surface area contributed by atoms with Crippen LogP contribution in [-0.4, -0.2) is 59.6 Å². The van der Waals surface area contributed by atoms with Crippen molar-refractivity contribution in [2.45, 2.75) is 37.6 Å². The van der Waals surface area contributed by atoms with Gasteiger partial charge in [0.25, 0.3) is 0 Å². The van der Waals surface area contributed by atoms with Crippen LogP contribution in [-0.2, 0) is 25.7 Å². The Labute approximate surface area is 220 Å². The topological polar surface area (TPSA) is 134 Å². The lowest BCUT2D eigenvalue weighted by Crippen LogP contribution is -2.57. The highest BCUT2D eigenvalue weighted by atomic mass is 16.5. The summed E-state index contributed by atoms with van der Waals surface area (Å²) >= 11 is 0. The third kappa shape index (κ3) is 6.19. The number of fused-ring (bicyclic) bond motifs is 3. The summed E-state index contributed by atoms with van der Waals surface area (Å²) in [5, 5.41) is 23.3. The molecule has 0 radical (unpaired) electrons. The van der Waals surface area contributed by atoms with Crippen LogP contribution >= 0.6 is 0 Å². The summed E-state index contributed by atoms with van der Waals surface area (Å²) in [6, 6.07) is 22.3. The molecule has 3 atom stereocenters. The van der Waals surface area contributed by atoms with Crippen LogP contribution < -0.4 is 10.6 Å². The summed E-state index contributed by atoms with van der Waals surface area (Å²) in [5.41, 5.74) is 5.12. The van der Waals surface area contributed by atoms with E-state index < -0.39 is 42.8 Å². The van der Waals surface area contributed by atoms with Gasteiger partial charge in [0.05, 0.1) is 19.3 Å². The van der Waals surface area contributed by atoms with Crippen molar-refractivity contribution in [3.8, 4) is 11.1 Å². The third-order valence-electron chi connectivity index (χ3n) is 6.52. The molecule has 198 valence electrons. The summed E-state index contributed by atoms with van der Waals surface area (Å²) < 4.78 is 11.4. The fraction of sp³-hybridized carbons (Fsp3) is 0.276. The highest BCUT2D eigenvalue weighted by Gasteiger charge is 2.33. The number of carboxylic acid groups (broad SMARTS) is 1. The van der Waals surface area contributed by atoms with Crippen LogP contribution in [0.25, 0.3) is 11.1 Å². The third-order valence-corrected chi connectivity index (χ3v) is 6.52. The molecule has 0 bridgehead atoms. The van der Waals surface area contributed by atoms with Crippen molar-refractivity contribution >= 4 is 18.0 Å². The molecule has 0 fully saturated rings. The summed E-state index contributed by atoms with van der Waals surface area (Å²) in [4.78, 5) is 37.2.